The Morgan fingerprint density at radius 2 is 1.94 bits per heavy atom. The summed E-state index contributed by atoms with van der Waals surface area (Å²) in [5, 5.41) is 0. The van der Waals surface area contributed by atoms with Crippen LogP contribution < -0.4 is 0 Å². The van der Waals surface area contributed by atoms with Crippen LogP contribution in [-0.4, -0.2) is 32.5 Å². The van der Waals surface area contributed by atoms with E-state index in [-0.39, 0.29) is 18.0 Å². The van der Waals surface area contributed by atoms with Crippen molar-refractivity contribution < 1.29 is 18.6 Å². The van der Waals surface area contributed by atoms with Crippen LogP contribution in [0.1, 0.15) is 18.4 Å². The molecule has 3 nitrogen and oxygen atoms in total. The normalized spacial score (nSPS) is 23.4. The lowest BCUT2D eigenvalue weighted by molar-refractivity contribution is -0.0416. The van der Waals surface area contributed by atoms with Gasteiger partial charge in [-0.15, -0.1) is 0 Å². The summed E-state index contributed by atoms with van der Waals surface area (Å²) in [6.45, 7) is 1.43. The van der Waals surface area contributed by atoms with E-state index in [1.165, 1.54) is 6.07 Å². The number of benzene rings is 1. The molecule has 0 aromatic heterocycles. The molecule has 0 spiro atoms. The number of rotatable bonds is 6. The van der Waals surface area contributed by atoms with Crippen molar-refractivity contribution in [2.24, 2.45) is 0 Å². The molecular weight excluding hydrogens is 235 g/mol. The van der Waals surface area contributed by atoms with Crippen molar-refractivity contribution in [3.05, 3.63) is 35.6 Å². The molecule has 0 saturated carbocycles. The van der Waals surface area contributed by atoms with E-state index in [1.807, 2.05) is 6.07 Å². The summed E-state index contributed by atoms with van der Waals surface area (Å²) in [6.07, 6.45) is 2.27. The van der Waals surface area contributed by atoms with Gasteiger partial charge < -0.3 is 14.2 Å². The molecular formula is C14H19FO3. The fourth-order valence-corrected chi connectivity index (χ4v) is 2.13. The molecule has 2 atom stereocenters. The standard InChI is InChI=1S/C14H19FO3/c1-16-9-12-6-7-13(18-12)10-17-8-11-4-2-3-5-14(11)15/h2-5,12-13H,6-10H2,1H3. The highest BCUT2D eigenvalue weighted by atomic mass is 19.1. The Balaban J connectivity index is 1.69. The van der Waals surface area contributed by atoms with Crippen LogP contribution in [0.3, 0.4) is 0 Å². The van der Waals surface area contributed by atoms with Crippen molar-refractivity contribution in [2.45, 2.75) is 31.7 Å². The summed E-state index contributed by atoms with van der Waals surface area (Å²) in [4.78, 5) is 0. The van der Waals surface area contributed by atoms with Gasteiger partial charge in [-0.3, -0.25) is 0 Å². The average molecular weight is 254 g/mol. The van der Waals surface area contributed by atoms with Crippen LogP contribution in [0.15, 0.2) is 24.3 Å². The minimum absolute atomic E-state index is 0.108. The first kappa shape index (κ1) is 13.5. The van der Waals surface area contributed by atoms with E-state index in [4.69, 9.17) is 14.2 Å². The molecule has 2 unspecified atom stereocenters. The van der Waals surface area contributed by atoms with Crippen molar-refractivity contribution in [2.75, 3.05) is 20.3 Å². The highest BCUT2D eigenvalue weighted by Crippen LogP contribution is 2.20. The van der Waals surface area contributed by atoms with Gasteiger partial charge in [0.25, 0.3) is 0 Å². The fraction of sp³-hybridized carbons (Fsp3) is 0.571. The van der Waals surface area contributed by atoms with E-state index in [1.54, 1.807) is 19.2 Å². The van der Waals surface area contributed by atoms with Crippen molar-refractivity contribution in [1.29, 1.82) is 0 Å². The maximum absolute atomic E-state index is 13.3. The van der Waals surface area contributed by atoms with Gasteiger partial charge >= 0.3 is 0 Å². The molecule has 100 valence electrons. The molecule has 1 saturated heterocycles. The van der Waals surface area contributed by atoms with Crippen molar-refractivity contribution >= 4 is 0 Å². The molecule has 18 heavy (non-hydrogen) atoms. The van der Waals surface area contributed by atoms with Crippen LogP contribution >= 0.6 is 0 Å². The van der Waals surface area contributed by atoms with Crippen LogP contribution in [0.4, 0.5) is 4.39 Å². The number of hydrogen-bond donors (Lipinski definition) is 0. The van der Waals surface area contributed by atoms with Crippen LogP contribution in [0.25, 0.3) is 0 Å². The Hall–Kier alpha value is -0.970. The van der Waals surface area contributed by atoms with Crippen LogP contribution in [0, 0.1) is 5.82 Å². The Morgan fingerprint density at radius 3 is 2.67 bits per heavy atom. The van der Waals surface area contributed by atoms with Crippen molar-refractivity contribution in [1.82, 2.24) is 0 Å². The summed E-state index contributed by atoms with van der Waals surface area (Å²) >= 11 is 0. The maximum atomic E-state index is 13.3. The molecule has 0 radical (unpaired) electrons. The summed E-state index contributed by atoms with van der Waals surface area (Å²) in [6, 6.07) is 6.66. The summed E-state index contributed by atoms with van der Waals surface area (Å²) in [7, 11) is 1.67. The Labute approximate surface area is 107 Å². The largest absolute Gasteiger partial charge is 0.382 e. The van der Waals surface area contributed by atoms with E-state index >= 15 is 0 Å². The third kappa shape index (κ3) is 3.77. The van der Waals surface area contributed by atoms with Gasteiger partial charge in [0.05, 0.1) is 32.0 Å². The van der Waals surface area contributed by atoms with Gasteiger partial charge in [0.1, 0.15) is 5.82 Å². The molecule has 1 aromatic carbocycles. The van der Waals surface area contributed by atoms with E-state index < -0.39 is 0 Å². The molecule has 1 fully saturated rings. The highest BCUT2D eigenvalue weighted by Gasteiger charge is 2.25. The number of halogens is 1. The zero-order valence-corrected chi connectivity index (χ0v) is 10.6. The molecule has 4 heteroatoms. The number of hydrogen-bond acceptors (Lipinski definition) is 3. The lowest BCUT2D eigenvalue weighted by Gasteiger charge is -2.13. The van der Waals surface area contributed by atoms with E-state index in [9.17, 15) is 4.39 Å². The van der Waals surface area contributed by atoms with Crippen LogP contribution in [0.2, 0.25) is 0 Å². The first-order valence-electron chi connectivity index (χ1n) is 6.25. The van der Waals surface area contributed by atoms with Crippen LogP contribution in [-0.2, 0) is 20.8 Å². The van der Waals surface area contributed by atoms with Crippen molar-refractivity contribution in [3.8, 4) is 0 Å². The van der Waals surface area contributed by atoms with Gasteiger partial charge in [-0.2, -0.15) is 0 Å². The second kappa shape index (κ2) is 6.83. The maximum Gasteiger partial charge on any atom is 0.128 e. The second-order valence-electron chi connectivity index (χ2n) is 4.52. The molecule has 1 heterocycles. The molecule has 1 aliphatic rings. The third-order valence-corrected chi connectivity index (χ3v) is 3.07. The minimum atomic E-state index is -0.220. The molecule has 1 aliphatic heterocycles. The molecule has 0 amide bonds. The Bertz CT molecular complexity index is 370. The van der Waals surface area contributed by atoms with Gasteiger partial charge in [0.15, 0.2) is 0 Å². The SMILES string of the molecule is COCC1CCC(COCc2ccccc2F)O1. The summed E-state index contributed by atoms with van der Waals surface area (Å²) < 4.78 is 29.6. The highest BCUT2D eigenvalue weighted by molar-refractivity contribution is 5.16. The van der Waals surface area contributed by atoms with E-state index in [2.05, 4.69) is 0 Å². The smallest absolute Gasteiger partial charge is 0.128 e. The van der Waals surface area contributed by atoms with Gasteiger partial charge in [-0.1, -0.05) is 18.2 Å². The Morgan fingerprint density at radius 1 is 1.22 bits per heavy atom. The van der Waals surface area contributed by atoms with Gasteiger partial charge in [0, 0.05) is 12.7 Å². The zero-order valence-electron chi connectivity index (χ0n) is 10.6. The quantitative estimate of drug-likeness (QED) is 0.780. The monoisotopic (exact) mass is 254 g/mol. The Kier molecular flexibility index (Phi) is 5.11. The van der Waals surface area contributed by atoms with E-state index in [0.29, 0.717) is 25.4 Å². The van der Waals surface area contributed by atoms with Gasteiger partial charge in [0.2, 0.25) is 0 Å². The summed E-state index contributed by atoms with van der Waals surface area (Å²) in [5.74, 6) is -0.220. The second-order valence-corrected chi connectivity index (χ2v) is 4.52. The number of methoxy groups -OCH3 is 1. The van der Waals surface area contributed by atoms with Crippen LogP contribution in [0.5, 0.6) is 0 Å². The predicted molar refractivity (Wildman–Crippen MR) is 65.8 cm³/mol. The zero-order chi connectivity index (χ0) is 12.8. The lowest BCUT2D eigenvalue weighted by atomic mass is 10.2. The first-order chi connectivity index (χ1) is 8.79. The molecule has 1 aromatic rings. The molecule has 2 rings (SSSR count). The molecule has 0 aliphatic carbocycles. The molecule has 0 bridgehead atoms. The topological polar surface area (TPSA) is 27.7 Å². The minimum Gasteiger partial charge on any atom is -0.382 e. The average Bonchev–Trinajstić information content (AvgIpc) is 2.80. The fourth-order valence-electron chi connectivity index (χ4n) is 2.13. The molecule has 0 N–H and O–H groups in total. The summed E-state index contributed by atoms with van der Waals surface area (Å²) in [5.41, 5.74) is 0.587. The van der Waals surface area contributed by atoms with Gasteiger partial charge in [-0.25, -0.2) is 4.39 Å². The number of ether oxygens (including phenoxy) is 3. The van der Waals surface area contributed by atoms with Gasteiger partial charge in [-0.05, 0) is 18.9 Å². The first-order valence-corrected chi connectivity index (χ1v) is 6.25. The predicted octanol–water partition coefficient (Wildman–Crippen LogP) is 2.54. The third-order valence-electron chi connectivity index (χ3n) is 3.07. The van der Waals surface area contributed by atoms with E-state index in [0.717, 1.165) is 12.8 Å². The van der Waals surface area contributed by atoms with Crippen molar-refractivity contribution in [3.63, 3.8) is 0 Å². The lowest BCUT2D eigenvalue weighted by Crippen LogP contribution is -2.19.